The Kier molecular flexibility index (Phi) is 6.55. The number of carbonyl (C=O) groups excluding carboxylic acids is 2. The van der Waals surface area contributed by atoms with Gasteiger partial charge < -0.3 is 15.2 Å². The molecule has 4 rings (SSSR count). The monoisotopic (exact) mass is 524 g/mol. The molecule has 0 spiro atoms. The van der Waals surface area contributed by atoms with Gasteiger partial charge in [0.15, 0.2) is 0 Å². The lowest BCUT2D eigenvalue weighted by atomic mass is 9.81. The Morgan fingerprint density at radius 1 is 1.05 bits per heavy atom. The number of para-hydroxylation sites is 1. The second kappa shape index (κ2) is 9.24. The molecule has 2 aromatic carbocycles. The third-order valence-corrected chi connectivity index (χ3v) is 6.35. The van der Waals surface area contributed by atoms with Crippen LogP contribution in [-0.2, 0) is 28.4 Å². The first kappa shape index (κ1) is 26.2. The first-order valence-electron chi connectivity index (χ1n) is 11.2. The van der Waals surface area contributed by atoms with Gasteiger partial charge in [-0.05, 0) is 43.2 Å². The molecule has 0 aliphatic carbocycles. The highest BCUT2D eigenvalue weighted by atomic mass is 19.4. The number of aryl methyl sites for hydroxylation is 2. The number of aromatic amines is 1. The molecule has 2 amide bonds. The molecule has 196 valence electrons. The highest BCUT2D eigenvalue weighted by Gasteiger charge is 2.50. The predicted molar refractivity (Wildman–Crippen MR) is 123 cm³/mol. The molecule has 1 aromatic heterocycles. The molecule has 1 aliphatic heterocycles. The van der Waals surface area contributed by atoms with Crippen LogP contribution in [0.1, 0.15) is 34.5 Å². The molecular weight excluding hydrogens is 502 g/mol. The van der Waals surface area contributed by atoms with Crippen LogP contribution in [0.3, 0.4) is 0 Å². The van der Waals surface area contributed by atoms with E-state index in [0.717, 1.165) is 11.1 Å². The number of halogens is 6. The van der Waals surface area contributed by atoms with E-state index in [9.17, 15) is 35.9 Å². The van der Waals surface area contributed by atoms with E-state index in [1.807, 2.05) is 6.07 Å². The lowest BCUT2D eigenvalue weighted by Crippen LogP contribution is -2.41. The van der Waals surface area contributed by atoms with E-state index in [4.69, 9.17) is 0 Å². The molecule has 0 saturated carbocycles. The van der Waals surface area contributed by atoms with Gasteiger partial charge in [-0.1, -0.05) is 18.2 Å². The van der Waals surface area contributed by atoms with Crippen LogP contribution in [0.15, 0.2) is 48.8 Å². The summed E-state index contributed by atoms with van der Waals surface area (Å²) < 4.78 is 79.9. The number of amides is 2. The number of carbonyl (C=O) groups is 2. The minimum Gasteiger partial charge on any atom is -0.349 e. The summed E-state index contributed by atoms with van der Waals surface area (Å²) >= 11 is 0. The van der Waals surface area contributed by atoms with Gasteiger partial charge in [0.25, 0.3) is 0 Å². The fraction of sp³-hybridized carbons (Fsp3) is 0.320. The fourth-order valence-corrected chi connectivity index (χ4v) is 4.62. The second-order valence-corrected chi connectivity index (χ2v) is 9.14. The Bertz CT molecular complexity index is 1280. The highest BCUT2D eigenvalue weighted by molar-refractivity contribution is 6.06. The van der Waals surface area contributed by atoms with Crippen LogP contribution in [0.4, 0.5) is 37.7 Å². The normalized spacial score (nSPS) is 18.4. The smallest absolute Gasteiger partial charge is 0.349 e. The van der Waals surface area contributed by atoms with Crippen molar-refractivity contribution in [1.82, 2.24) is 9.97 Å². The third kappa shape index (κ3) is 5.32. The van der Waals surface area contributed by atoms with E-state index in [-0.39, 0.29) is 25.5 Å². The largest absolute Gasteiger partial charge is 0.416 e. The van der Waals surface area contributed by atoms with Crippen LogP contribution in [0.2, 0.25) is 0 Å². The van der Waals surface area contributed by atoms with Gasteiger partial charge in [0, 0.05) is 43.2 Å². The van der Waals surface area contributed by atoms with Gasteiger partial charge in [-0.15, -0.1) is 0 Å². The number of H-pyrrole nitrogens is 1. The third-order valence-electron chi connectivity index (χ3n) is 6.35. The molecule has 1 atom stereocenters. The molecule has 1 aliphatic rings. The summed E-state index contributed by atoms with van der Waals surface area (Å²) in [7, 11) is 0. The Labute approximate surface area is 207 Å². The van der Waals surface area contributed by atoms with Crippen LogP contribution in [0.5, 0.6) is 0 Å². The predicted octanol–water partition coefficient (Wildman–Crippen LogP) is 5.67. The fourth-order valence-electron chi connectivity index (χ4n) is 4.62. The van der Waals surface area contributed by atoms with E-state index in [0.29, 0.717) is 23.6 Å². The molecule has 0 bridgehead atoms. The molecule has 37 heavy (non-hydrogen) atoms. The average molecular weight is 524 g/mol. The number of imidazole rings is 1. The molecule has 6 nitrogen and oxygen atoms in total. The Morgan fingerprint density at radius 2 is 1.65 bits per heavy atom. The van der Waals surface area contributed by atoms with Gasteiger partial charge in [0.2, 0.25) is 11.8 Å². The maximum atomic E-state index is 13.6. The number of anilines is 2. The van der Waals surface area contributed by atoms with Crippen molar-refractivity contribution in [1.29, 1.82) is 0 Å². The molecule has 0 radical (unpaired) electrons. The van der Waals surface area contributed by atoms with Gasteiger partial charge >= 0.3 is 12.4 Å². The molecule has 12 heteroatoms. The second-order valence-electron chi connectivity index (χ2n) is 9.14. The summed E-state index contributed by atoms with van der Waals surface area (Å²) in [4.78, 5) is 35.1. The number of aromatic nitrogens is 2. The van der Waals surface area contributed by atoms with Crippen molar-refractivity contribution in [3.63, 3.8) is 0 Å². The summed E-state index contributed by atoms with van der Waals surface area (Å²) in [5.41, 5.74) is -3.17. The Morgan fingerprint density at radius 3 is 2.16 bits per heavy atom. The Hall–Kier alpha value is -3.83. The van der Waals surface area contributed by atoms with Crippen molar-refractivity contribution in [2.75, 3.05) is 16.8 Å². The molecular formula is C25H22F6N4O2. The van der Waals surface area contributed by atoms with Gasteiger partial charge in [0.05, 0.1) is 16.5 Å². The number of alkyl halides is 6. The topological polar surface area (TPSA) is 78.1 Å². The van der Waals surface area contributed by atoms with Crippen LogP contribution in [0.25, 0.3) is 0 Å². The van der Waals surface area contributed by atoms with E-state index in [2.05, 4.69) is 15.3 Å². The van der Waals surface area contributed by atoms with Gasteiger partial charge in [0.1, 0.15) is 5.82 Å². The first-order chi connectivity index (χ1) is 17.2. The van der Waals surface area contributed by atoms with Crippen LogP contribution < -0.4 is 10.2 Å². The minimum absolute atomic E-state index is 0.0178. The van der Waals surface area contributed by atoms with Crippen LogP contribution >= 0.6 is 0 Å². The average Bonchev–Trinajstić information content (AvgIpc) is 3.41. The van der Waals surface area contributed by atoms with Crippen molar-refractivity contribution >= 4 is 23.2 Å². The quantitative estimate of drug-likeness (QED) is 0.423. The number of nitrogens with one attached hydrogen (secondary N) is 2. The summed E-state index contributed by atoms with van der Waals surface area (Å²) in [5, 5.41) is 2.22. The van der Waals surface area contributed by atoms with E-state index < -0.39 is 46.4 Å². The number of hydrogen-bond acceptors (Lipinski definition) is 3. The molecule has 2 heterocycles. The first-order valence-corrected chi connectivity index (χ1v) is 11.2. The summed E-state index contributed by atoms with van der Waals surface area (Å²) in [6.07, 6.45) is -7.63. The standard InChI is InChI=1S/C25H22F6N4O2/c1-14-4-3-5-15(2)21(14)35-13-23(12-20(35)36,11-19-32-6-7-33-19)22(37)34-18-9-16(24(26,27)28)8-17(10-18)25(29,30)31/h3-10H,11-13H2,1-2H3,(H,32,33)(H,34,37). The number of rotatable bonds is 5. The maximum Gasteiger partial charge on any atom is 0.416 e. The van der Waals surface area contributed by atoms with Crippen molar-refractivity contribution in [3.05, 3.63) is 76.9 Å². The van der Waals surface area contributed by atoms with Crippen molar-refractivity contribution < 1.29 is 35.9 Å². The molecule has 2 N–H and O–H groups in total. The lowest BCUT2D eigenvalue weighted by molar-refractivity contribution is -0.143. The van der Waals surface area contributed by atoms with Gasteiger partial charge in [-0.3, -0.25) is 9.59 Å². The number of nitrogens with zero attached hydrogens (tertiary/aromatic N) is 2. The summed E-state index contributed by atoms with van der Waals surface area (Å²) in [5.74, 6) is -0.955. The minimum atomic E-state index is -5.07. The summed E-state index contributed by atoms with van der Waals surface area (Å²) in [6.45, 7) is 3.45. The lowest BCUT2D eigenvalue weighted by Gasteiger charge is -2.28. The van der Waals surface area contributed by atoms with Crippen LogP contribution in [0, 0.1) is 19.3 Å². The van der Waals surface area contributed by atoms with Gasteiger partial charge in [-0.2, -0.15) is 26.3 Å². The zero-order chi connectivity index (χ0) is 27.2. The maximum absolute atomic E-state index is 13.6. The highest BCUT2D eigenvalue weighted by Crippen LogP contribution is 2.42. The van der Waals surface area contributed by atoms with E-state index >= 15 is 0 Å². The zero-order valence-corrected chi connectivity index (χ0v) is 19.7. The molecule has 1 unspecified atom stereocenters. The van der Waals surface area contributed by atoms with Gasteiger partial charge in [-0.25, -0.2) is 4.98 Å². The van der Waals surface area contributed by atoms with Crippen molar-refractivity contribution in [2.24, 2.45) is 5.41 Å². The SMILES string of the molecule is Cc1cccc(C)c1N1CC(Cc2ncc[nH]2)(C(=O)Nc2cc(C(F)(F)F)cc(C(F)(F)F)c2)CC1=O. The van der Waals surface area contributed by atoms with Crippen molar-refractivity contribution in [2.45, 2.75) is 39.0 Å². The zero-order valence-electron chi connectivity index (χ0n) is 19.7. The van der Waals surface area contributed by atoms with E-state index in [1.54, 1.807) is 26.0 Å². The number of benzene rings is 2. The molecule has 3 aromatic rings. The molecule has 1 fully saturated rings. The molecule has 1 saturated heterocycles. The number of hydrogen-bond donors (Lipinski definition) is 2. The van der Waals surface area contributed by atoms with E-state index in [1.165, 1.54) is 17.3 Å². The summed E-state index contributed by atoms with van der Waals surface area (Å²) in [6, 6.07) is 6.26. The van der Waals surface area contributed by atoms with Crippen LogP contribution in [-0.4, -0.2) is 28.3 Å². The van der Waals surface area contributed by atoms with Crippen molar-refractivity contribution in [3.8, 4) is 0 Å². The Balaban J connectivity index is 1.74.